The topological polar surface area (TPSA) is 21.3 Å². The zero-order valence-electron chi connectivity index (χ0n) is 10.8. The van der Waals surface area contributed by atoms with Gasteiger partial charge in [0.25, 0.3) is 0 Å². The zero-order valence-corrected chi connectivity index (χ0v) is 13.2. The van der Waals surface area contributed by atoms with Crippen LogP contribution in [0.5, 0.6) is 5.75 Å². The number of hydrogen-bond acceptors (Lipinski definition) is 3. The largest absolute Gasteiger partial charge is 0.434 e. The van der Waals surface area contributed by atoms with Crippen molar-refractivity contribution in [2.24, 2.45) is 0 Å². The Kier molecular flexibility index (Phi) is 5.51. The van der Waals surface area contributed by atoms with E-state index in [9.17, 15) is 8.78 Å². The molecule has 0 radical (unpaired) electrons. The van der Waals surface area contributed by atoms with E-state index in [0.717, 1.165) is 4.47 Å². The average Bonchev–Trinajstić information content (AvgIpc) is 2.92. The summed E-state index contributed by atoms with van der Waals surface area (Å²) in [6.07, 6.45) is 0. The first kappa shape index (κ1) is 15.4. The van der Waals surface area contributed by atoms with Crippen molar-refractivity contribution in [1.82, 2.24) is 5.32 Å². The zero-order chi connectivity index (χ0) is 14.5. The van der Waals surface area contributed by atoms with Crippen LogP contribution in [-0.4, -0.2) is 6.61 Å². The van der Waals surface area contributed by atoms with Gasteiger partial charge in [0.2, 0.25) is 0 Å². The fourth-order valence-electron chi connectivity index (χ4n) is 1.80. The Morgan fingerprint density at radius 2 is 2.15 bits per heavy atom. The minimum atomic E-state index is -2.82. The van der Waals surface area contributed by atoms with Crippen LogP contribution in [0.3, 0.4) is 0 Å². The molecule has 1 N–H and O–H groups in total. The van der Waals surface area contributed by atoms with E-state index in [-0.39, 0.29) is 11.8 Å². The van der Waals surface area contributed by atoms with Gasteiger partial charge in [-0.2, -0.15) is 20.1 Å². The molecule has 1 unspecified atom stereocenters. The number of benzene rings is 1. The monoisotopic (exact) mass is 361 g/mol. The maximum atomic E-state index is 12.4. The minimum absolute atomic E-state index is 0.152. The van der Waals surface area contributed by atoms with Crippen molar-refractivity contribution >= 4 is 27.3 Å². The lowest BCUT2D eigenvalue weighted by Crippen LogP contribution is -2.18. The molecular weight excluding hydrogens is 348 g/mol. The molecule has 108 valence electrons. The standard InChI is InChI=1S/C14H14BrF2NOS/c1-9(10-4-5-20-8-10)18-7-11-6-12(15)2-3-13(11)19-14(16)17/h2-6,8-9,14,18H,7H2,1H3. The molecule has 0 aliphatic rings. The second-order valence-corrected chi connectivity index (χ2v) is 5.99. The van der Waals surface area contributed by atoms with Gasteiger partial charge in [0, 0.05) is 22.6 Å². The van der Waals surface area contributed by atoms with Gasteiger partial charge >= 0.3 is 6.61 Å². The molecule has 0 saturated carbocycles. The summed E-state index contributed by atoms with van der Waals surface area (Å²) in [7, 11) is 0. The summed E-state index contributed by atoms with van der Waals surface area (Å²) in [5.41, 5.74) is 1.88. The van der Waals surface area contributed by atoms with Crippen molar-refractivity contribution in [3.8, 4) is 5.75 Å². The molecule has 0 aliphatic heterocycles. The lowest BCUT2D eigenvalue weighted by molar-refractivity contribution is -0.0505. The predicted octanol–water partition coefficient (Wildman–Crippen LogP) is 4.96. The van der Waals surface area contributed by atoms with Gasteiger partial charge in [-0.05, 0) is 47.5 Å². The van der Waals surface area contributed by atoms with Crippen molar-refractivity contribution < 1.29 is 13.5 Å². The Morgan fingerprint density at radius 3 is 2.80 bits per heavy atom. The Morgan fingerprint density at radius 1 is 1.35 bits per heavy atom. The molecule has 0 aliphatic carbocycles. The number of halogens is 3. The van der Waals surface area contributed by atoms with Crippen molar-refractivity contribution in [1.29, 1.82) is 0 Å². The van der Waals surface area contributed by atoms with Gasteiger partial charge in [-0.1, -0.05) is 15.9 Å². The van der Waals surface area contributed by atoms with E-state index in [4.69, 9.17) is 0 Å². The summed E-state index contributed by atoms with van der Waals surface area (Å²) >= 11 is 4.97. The van der Waals surface area contributed by atoms with E-state index in [1.54, 1.807) is 29.5 Å². The van der Waals surface area contributed by atoms with E-state index in [1.807, 2.05) is 18.4 Å². The molecule has 0 saturated heterocycles. The number of ether oxygens (including phenoxy) is 1. The van der Waals surface area contributed by atoms with Crippen LogP contribution in [0, 0.1) is 0 Å². The molecule has 2 aromatic rings. The molecular formula is C14H14BrF2NOS. The number of nitrogens with one attached hydrogen (secondary N) is 1. The Labute approximate surface area is 128 Å². The molecule has 1 aromatic heterocycles. The first-order valence-electron chi connectivity index (χ1n) is 6.05. The summed E-state index contributed by atoms with van der Waals surface area (Å²) in [6.45, 7) is -0.323. The van der Waals surface area contributed by atoms with E-state index in [0.29, 0.717) is 12.1 Å². The van der Waals surface area contributed by atoms with Crippen LogP contribution < -0.4 is 10.1 Å². The van der Waals surface area contributed by atoms with Crippen LogP contribution >= 0.6 is 27.3 Å². The third-order valence-corrected chi connectivity index (χ3v) is 4.08. The van der Waals surface area contributed by atoms with Crippen molar-refractivity contribution in [2.75, 3.05) is 0 Å². The quantitative estimate of drug-likeness (QED) is 0.784. The maximum absolute atomic E-state index is 12.4. The summed E-state index contributed by atoms with van der Waals surface area (Å²) in [5.74, 6) is 0.202. The SMILES string of the molecule is CC(NCc1cc(Br)ccc1OC(F)F)c1ccsc1. The highest BCUT2D eigenvalue weighted by molar-refractivity contribution is 9.10. The number of alkyl halides is 2. The average molecular weight is 362 g/mol. The normalized spacial score (nSPS) is 12.7. The molecule has 0 amide bonds. The summed E-state index contributed by atoms with van der Waals surface area (Å²) in [5, 5.41) is 7.38. The second-order valence-electron chi connectivity index (χ2n) is 4.29. The van der Waals surface area contributed by atoms with Gasteiger partial charge < -0.3 is 10.1 Å². The van der Waals surface area contributed by atoms with Gasteiger partial charge in [0.1, 0.15) is 5.75 Å². The third-order valence-electron chi connectivity index (χ3n) is 2.88. The maximum Gasteiger partial charge on any atom is 0.387 e. The lowest BCUT2D eigenvalue weighted by atomic mass is 10.1. The van der Waals surface area contributed by atoms with E-state index in [2.05, 4.69) is 31.4 Å². The molecule has 6 heteroatoms. The van der Waals surface area contributed by atoms with Crippen molar-refractivity contribution in [3.05, 3.63) is 50.6 Å². The number of thiophene rings is 1. The molecule has 2 nitrogen and oxygen atoms in total. The molecule has 0 fully saturated rings. The highest BCUT2D eigenvalue weighted by Gasteiger charge is 2.12. The van der Waals surface area contributed by atoms with E-state index >= 15 is 0 Å². The lowest BCUT2D eigenvalue weighted by Gasteiger charge is -2.15. The van der Waals surface area contributed by atoms with Crippen LogP contribution in [0.25, 0.3) is 0 Å². The number of hydrogen-bond donors (Lipinski definition) is 1. The van der Waals surface area contributed by atoms with E-state index < -0.39 is 6.61 Å². The highest BCUT2D eigenvalue weighted by atomic mass is 79.9. The molecule has 0 spiro atoms. The molecule has 20 heavy (non-hydrogen) atoms. The Bertz CT molecular complexity index is 548. The van der Waals surface area contributed by atoms with Gasteiger partial charge in [0.15, 0.2) is 0 Å². The van der Waals surface area contributed by atoms with Crippen molar-refractivity contribution in [2.45, 2.75) is 26.1 Å². The Hall–Kier alpha value is -0.980. The smallest absolute Gasteiger partial charge is 0.387 e. The van der Waals surface area contributed by atoms with Crippen LogP contribution in [0.2, 0.25) is 0 Å². The predicted molar refractivity (Wildman–Crippen MR) is 80.3 cm³/mol. The first-order valence-corrected chi connectivity index (χ1v) is 7.78. The molecule has 2 rings (SSSR count). The summed E-state index contributed by atoms with van der Waals surface area (Å²) in [6, 6.07) is 7.20. The van der Waals surface area contributed by atoms with Crippen LogP contribution in [-0.2, 0) is 6.54 Å². The van der Waals surface area contributed by atoms with Gasteiger partial charge in [-0.25, -0.2) is 0 Å². The second kappa shape index (κ2) is 7.15. The minimum Gasteiger partial charge on any atom is -0.434 e. The summed E-state index contributed by atoms with van der Waals surface area (Å²) < 4.78 is 30.1. The van der Waals surface area contributed by atoms with Crippen LogP contribution in [0.15, 0.2) is 39.5 Å². The molecule has 1 aromatic carbocycles. The van der Waals surface area contributed by atoms with Crippen molar-refractivity contribution in [3.63, 3.8) is 0 Å². The first-order chi connectivity index (χ1) is 9.56. The molecule has 1 atom stereocenters. The van der Waals surface area contributed by atoms with Gasteiger partial charge in [-0.15, -0.1) is 0 Å². The fraction of sp³-hybridized carbons (Fsp3) is 0.286. The van der Waals surface area contributed by atoms with E-state index in [1.165, 1.54) is 5.56 Å². The third kappa shape index (κ3) is 4.26. The molecule has 0 bridgehead atoms. The van der Waals surface area contributed by atoms with Crippen LogP contribution in [0.1, 0.15) is 24.1 Å². The fourth-order valence-corrected chi connectivity index (χ4v) is 2.96. The molecule has 1 heterocycles. The van der Waals surface area contributed by atoms with Gasteiger partial charge in [-0.3, -0.25) is 0 Å². The number of rotatable bonds is 6. The van der Waals surface area contributed by atoms with Gasteiger partial charge in [0.05, 0.1) is 0 Å². The Balaban J connectivity index is 2.06. The van der Waals surface area contributed by atoms with Crippen LogP contribution in [0.4, 0.5) is 8.78 Å². The summed E-state index contributed by atoms with van der Waals surface area (Å²) in [4.78, 5) is 0. The highest BCUT2D eigenvalue weighted by Crippen LogP contribution is 2.25.